The van der Waals surface area contributed by atoms with Crippen LogP contribution in [0.25, 0.3) is 0 Å². The predicted octanol–water partition coefficient (Wildman–Crippen LogP) is 3.39. The van der Waals surface area contributed by atoms with Gasteiger partial charge in [0.2, 0.25) is 0 Å². The summed E-state index contributed by atoms with van der Waals surface area (Å²) in [6, 6.07) is 12.8. The van der Waals surface area contributed by atoms with E-state index in [9.17, 15) is 9.59 Å². The Morgan fingerprint density at radius 1 is 1.23 bits per heavy atom. The van der Waals surface area contributed by atoms with Crippen LogP contribution in [0.2, 0.25) is 0 Å². The summed E-state index contributed by atoms with van der Waals surface area (Å²) in [6.45, 7) is 1.11. The molecule has 0 fully saturated rings. The first-order chi connectivity index (χ1) is 10.6. The lowest BCUT2D eigenvalue weighted by molar-refractivity contribution is 0.0600. The molecule has 0 unspecified atom stereocenters. The second-order valence-electron chi connectivity index (χ2n) is 5.12. The van der Waals surface area contributed by atoms with Crippen LogP contribution in [-0.2, 0) is 17.8 Å². The minimum atomic E-state index is -0.361. The van der Waals surface area contributed by atoms with Gasteiger partial charge in [0.1, 0.15) is 0 Å². The first-order valence-corrected chi connectivity index (χ1v) is 7.63. The summed E-state index contributed by atoms with van der Waals surface area (Å²) in [5.74, 6) is -0.325. The van der Waals surface area contributed by atoms with E-state index in [0.717, 1.165) is 21.2 Å². The van der Waals surface area contributed by atoms with Gasteiger partial charge in [-0.25, -0.2) is 4.79 Å². The summed E-state index contributed by atoms with van der Waals surface area (Å²) >= 11 is 3.49. The molecule has 0 atom stereocenters. The lowest BCUT2D eigenvalue weighted by Crippen LogP contribution is -2.23. The molecule has 22 heavy (non-hydrogen) atoms. The number of carbonyl (C=O) groups is 2. The van der Waals surface area contributed by atoms with E-state index in [1.807, 2.05) is 30.3 Å². The molecule has 0 saturated heterocycles. The molecule has 3 rings (SSSR count). The van der Waals surface area contributed by atoms with Gasteiger partial charge in [0, 0.05) is 23.1 Å². The van der Waals surface area contributed by atoms with Crippen molar-refractivity contribution in [3.05, 3.63) is 69.2 Å². The summed E-state index contributed by atoms with van der Waals surface area (Å²) in [7, 11) is 1.36. The number of methoxy groups -OCH3 is 1. The maximum atomic E-state index is 12.4. The average molecular weight is 360 g/mol. The van der Waals surface area contributed by atoms with E-state index in [-0.39, 0.29) is 11.9 Å². The molecule has 0 aliphatic carbocycles. The molecule has 0 aromatic heterocycles. The maximum Gasteiger partial charge on any atom is 0.337 e. The van der Waals surface area contributed by atoms with Crippen molar-refractivity contribution in [2.24, 2.45) is 0 Å². The fourth-order valence-corrected chi connectivity index (χ4v) is 3.06. The molecule has 2 aromatic carbocycles. The Labute approximate surface area is 136 Å². The molecule has 1 aliphatic heterocycles. The van der Waals surface area contributed by atoms with Crippen molar-refractivity contribution in [1.29, 1.82) is 0 Å². The number of hydrogen-bond acceptors (Lipinski definition) is 3. The molecule has 0 bridgehead atoms. The van der Waals surface area contributed by atoms with Gasteiger partial charge in [-0.1, -0.05) is 34.1 Å². The highest BCUT2D eigenvalue weighted by Crippen LogP contribution is 2.30. The Bertz CT molecular complexity index is 740. The molecule has 4 nitrogen and oxygen atoms in total. The van der Waals surface area contributed by atoms with E-state index in [1.165, 1.54) is 7.11 Å². The van der Waals surface area contributed by atoms with E-state index in [1.54, 1.807) is 17.0 Å². The Morgan fingerprint density at radius 2 is 1.95 bits per heavy atom. The number of nitrogens with zero attached hydrogens (tertiary/aromatic N) is 1. The Hall–Kier alpha value is -2.14. The van der Waals surface area contributed by atoms with E-state index >= 15 is 0 Å². The molecule has 1 heterocycles. The summed E-state index contributed by atoms with van der Waals surface area (Å²) in [6.07, 6.45) is 0. The SMILES string of the molecule is COC(=O)c1ccc(CN2Cc3c(Br)cccc3C2=O)cc1. The average Bonchev–Trinajstić information content (AvgIpc) is 2.85. The highest BCUT2D eigenvalue weighted by Gasteiger charge is 2.28. The van der Waals surface area contributed by atoms with Crippen LogP contribution in [0, 0.1) is 0 Å². The minimum Gasteiger partial charge on any atom is -0.465 e. The number of hydrogen-bond donors (Lipinski definition) is 0. The zero-order valence-corrected chi connectivity index (χ0v) is 13.6. The van der Waals surface area contributed by atoms with Gasteiger partial charge in [0.05, 0.1) is 12.7 Å². The van der Waals surface area contributed by atoms with Crippen molar-refractivity contribution >= 4 is 27.8 Å². The zero-order valence-electron chi connectivity index (χ0n) is 12.0. The van der Waals surface area contributed by atoms with Crippen LogP contribution in [0.5, 0.6) is 0 Å². The molecule has 1 aliphatic rings. The second kappa shape index (κ2) is 5.93. The van der Waals surface area contributed by atoms with Crippen molar-refractivity contribution in [2.45, 2.75) is 13.1 Å². The zero-order chi connectivity index (χ0) is 15.7. The summed E-state index contributed by atoms with van der Waals surface area (Å²) in [5.41, 5.74) is 3.26. The third-order valence-electron chi connectivity index (χ3n) is 3.73. The van der Waals surface area contributed by atoms with Crippen LogP contribution in [0.4, 0.5) is 0 Å². The summed E-state index contributed by atoms with van der Waals surface area (Å²) < 4.78 is 5.63. The predicted molar refractivity (Wildman–Crippen MR) is 85.5 cm³/mol. The second-order valence-corrected chi connectivity index (χ2v) is 5.97. The number of benzene rings is 2. The van der Waals surface area contributed by atoms with Gasteiger partial charge < -0.3 is 9.64 Å². The topological polar surface area (TPSA) is 46.6 Å². The normalized spacial score (nSPS) is 13.2. The van der Waals surface area contributed by atoms with Crippen LogP contribution in [0.15, 0.2) is 46.9 Å². The van der Waals surface area contributed by atoms with Crippen LogP contribution in [0.3, 0.4) is 0 Å². The Morgan fingerprint density at radius 3 is 2.59 bits per heavy atom. The molecular weight excluding hydrogens is 346 g/mol. The fourth-order valence-electron chi connectivity index (χ4n) is 2.56. The van der Waals surface area contributed by atoms with Gasteiger partial charge in [-0.3, -0.25) is 4.79 Å². The van der Waals surface area contributed by atoms with Gasteiger partial charge in [-0.2, -0.15) is 0 Å². The largest absolute Gasteiger partial charge is 0.465 e. The Kier molecular flexibility index (Phi) is 3.98. The smallest absolute Gasteiger partial charge is 0.337 e. The monoisotopic (exact) mass is 359 g/mol. The van der Waals surface area contributed by atoms with Gasteiger partial charge in [-0.15, -0.1) is 0 Å². The first-order valence-electron chi connectivity index (χ1n) is 6.84. The van der Waals surface area contributed by atoms with E-state index < -0.39 is 0 Å². The number of carbonyl (C=O) groups excluding carboxylic acids is 2. The molecule has 2 aromatic rings. The first kappa shape index (κ1) is 14.8. The number of halogens is 1. The van der Waals surface area contributed by atoms with Crippen molar-refractivity contribution in [3.8, 4) is 0 Å². The number of esters is 1. The number of amides is 1. The Balaban J connectivity index is 1.77. The summed E-state index contributed by atoms with van der Waals surface area (Å²) in [5, 5.41) is 0. The van der Waals surface area contributed by atoms with Gasteiger partial charge in [-0.05, 0) is 35.4 Å². The lowest BCUT2D eigenvalue weighted by Gasteiger charge is -2.15. The van der Waals surface area contributed by atoms with Crippen LogP contribution < -0.4 is 0 Å². The van der Waals surface area contributed by atoms with Crippen molar-refractivity contribution in [3.63, 3.8) is 0 Å². The third-order valence-corrected chi connectivity index (χ3v) is 4.48. The number of fused-ring (bicyclic) bond motifs is 1. The molecule has 0 spiro atoms. The van der Waals surface area contributed by atoms with Crippen LogP contribution >= 0.6 is 15.9 Å². The molecule has 5 heteroatoms. The molecule has 0 radical (unpaired) electrons. The lowest BCUT2D eigenvalue weighted by atomic mass is 10.1. The van der Waals surface area contributed by atoms with Crippen molar-refractivity contribution in [2.75, 3.05) is 7.11 Å². The molecule has 0 N–H and O–H groups in total. The standard InChI is InChI=1S/C17H14BrNO3/c1-22-17(21)12-7-5-11(6-8-12)9-19-10-14-13(16(19)20)3-2-4-15(14)18/h2-8H,9-10H2,1H3. The highest BCUT2D eigenvalue weighted by atomic mass is 79.9. The van der Waals surface area contributed by atoms with Crippen molar-refractivity contribution < 1.29 is 14.3 Å². The maximum absolute atomic E-state index is 12.4. The number of rotatable bonds is 3. The fraction of sp³-hybridized carbons (Fsp3) is 0.176. The number of ether oxygens (including phenoxy) is 1. The van der Waals surface area contributed by atoms with Crippen molar-refractivity contribution in [1.82, 2.24) is 4.90 Å². The van der Waals surface area contributed by atoms with Gasteiger partial charge in [0.25, 0.3) is 5.91 Å². The van der Waals surface area contributed by atoms with Crippen LogP contribution in [-0.4, -0.2) is 23.9 Å². The molecule has 112 valence electrons. The molecule has 1 amide bonds. The van der Waals surface area contributed by atoms with Gasteiger partial charge >= 0.3 is 5.97 Å². The minimum absolute atomic E-state index is 0.0355. The van der Waals surface area contributed by atoms with Crippen LogP contribution in [0.1, 0.15) is 31.8 Å². The molecule has 0 saturated carbocycles. The highest BCUT2D eigenvalue weighted by molar-refractivity contribution is 9.10. The summed E-state index contributed by atoms with van der Waals surface area (Å²) in [4.78, 5) is 25.6. The molecular formula is C17H14BrNO3. The van der Waals surface area contributed by atoms with Gasteiger partial charge in [0.15, 0.2) is 0 Å². The van der Waals surface area contributed by atoms with E-state index in [2.05, 4.69) is 20.7 Å². The van der Waals surface area contributed by atoms with E-state index in [0.29, 0.717) is 18.7 Å². The quantitative estimate of drug-likeness (QED) is 0.789. The van der Waals surface area contributed by atoms with E-state index in [4.69, 9.17) is 0 Å². The third kappa shape index (κ3) is 2.64.